The van der Waals surface area contributed by atoms with Crippen LogP contribution in [0.4, 0.5) is 43.4 Å². The summed E-state index contributed by atoms with van der Waals surface area (Å²) in [5.74, 6) is 0. The van der Waals surface area contributed by atoms with Crippen LogP contribution in [-0.4, -0.2) is 25.4 Å². The predicted molar refractivity (Wildman–Crippen MR) is 173 cm³/mol. The Morgan fingerprint density at radius 1 is 0.500 bits per heavy atom. The molecular formula is C35H22F6N6S. The Kier molecular flexibility index (Phi) is 7.83. The average Bonchev–Trinajstić information content (AvgIpc) is 3.87. The first-order valence-electron chi connectivity index (χ1n) is 14.4. The van der Waals surface area contributed by atoms with Gasteiger partial charge in [0.2, 0.25) is 0 Å². The molecule has 0 fully saturated rings. The lowest BCUT2D eigenvalue weighted by molar-refractivity contribution is -0.142. The normalized spacial score (nSPS) is 12.0. The van der Waals surface area contributed by atoms with Gasteiger partial charge in [-0.25, -0.2) is 4.98 Å². The Balaban J connectivity index is 1.24. The van der Waals surface area contributed by atoms with Crippen LogP contribution in [0.15, 0.2) is 121 Å². The number of hydrogen-bond acceptors (Lipinski definition) is 5. The highest BCUT2D eigenvalue weighted by Gasteiger charge is 2.35. The van der Waals surface area contributed by atoms with Crippen molar-refractivity contribution in [1.29, 1.82) is 0 Å². The Morgan fingerprint density at radius 3 is 1.38 bits per heavy atom. The van der Waals surface area contributed by atoms with Crippen LogP contribution in [0.3, 0.4) is 0 Å². The van der Waals surface area contributed by atoms with E-state index in [0.29, 0.717) is 5.56 Å². The number of rotatable bonds is 7. The molecule has 0 saturated carbocycles. The summed E-state index contributed by atoms with van der Waals surface area (Å²) in [5, 5.41) is 11.4. The van der Waals surface area contributed by atoms with Crippen LogP contribution in [0.5, 0.6) is 0 Å². The lowest BCUT2D eigenvalue weighted by Gasteiger charge is -2.25. The van der Waals surface area contributed by atoms with Gasteiger partial charge in [0.25, 0.3) is 0 Å². The van der Waals surface area contributed by atoms with Gasteiger partial charge in [-0.15, -0.1) is 11.3 Å². The van der Waals surface area contributed by atoms with Crippen molar-refractivity contribution in [2.24, 2.45) is 0 Å². The molecule has 0 spiro atoms. The molecule has 6 nitrogen and oxygen atoms in total. The average molecular weight is 673 g/mol. The molecule has 4 heterocycles. The van der Waals surface area contributed by atoms with E-state index in [9.17, 15) is 26.3 Å². The van der Waals surface area contributed by atoms with Crippen LogP contribution in [0.2, 0.25) is 0 Å². The van der Waals surface area contributed by atoms with Crippen LogP contribution in [-0.2, 0) is 12.4 Å². The van der Waals surface area contributed by atoms with Crippen molar-refractivity contribution in [3.63, 3.8) is 0 Å². The molecule has 2 N–H and O–H groups in total. The molecule has 13 heteroatoms. The summed E-state index contributed by atoms with van der Waals surface area (Å²) in [7, 11) is 0. The molecule has 0 radical (unpaired) electrons. The maximum atomic E-state index is 13.3. The number of thiophene rings is 1. The Bertz CT molecular complexity index is 2060. The van der Waals surface area contributed by atoms with Crippen molar-refractivity contribution < 1.29 is 26.3 Å². The highest BCUT2D eigenvalue weighted by Crippen LogP contribution is 2.40. The maximum absolute atomic E-state index is 13.3. The van der Waals surface area contributed by atoms with Gasteiger partial charge in [0, 0.05) is 26.8 Å². The Labute approximate surface area is 273 Å². The van der Waals surface area contributed by atoms with Crippen molar-refractivity contribution in [2.75, 3.05) is 4.90 Å². The van der Waals surface area contributed by atoms with E-state index in [-0.39, 0.29) is 22.8 Å². The standard InChI is InChI=1S/C35H22F6N6S/c36-34(37,38)32-19-28(43-45-32)26-17-22(18-27(42-26)29-20-33(46-44-29)35(39,40)41)31-16-15-30(48-31)21-11-13-25(14-12-21)47(23-7-3-1-4-8-23)24-9-5-2-6-10-24/h1-20H,(H,43,45)(H,44,46). The van der Waals surface area contributed by atoms with Gasteiger partial charge in [0.05, 0.1) is 22.8 Å². The maximum Gasteiger partial charge on any atom is 0.435 e. The van der Waals surface area contributed by atoms with Crippen LogP contribution < -0.4 is 4.90 Å². The molecule has 3 aromatic carbocycles. The molecule has 0 aliphatic carbocycles. The number of nitrogens with one attached hydrogen (secondary N) is 2. The molecule has 240 valence electrons. The number of halogens is 6. The SMILES string of the molecule is FC(F)(F)c1cc(-c2cc(-c3ccc(-c4ccc(N(c5ccccc5)c5ccccc5)cc4)s3)cc(-c3cc(C(F)(F)F)n[nH]3)n2)[nH]n1. The second kappa shape index (κ2) is 12.2. The zero-order valence-electron chi connectivity index (χ0n) is 24.5. The van der Waals surface area contributed by atoms with Crippen LogP contribution >= 0.6 is 11.3 Å². The Hall–Kier alpha value is -5.69. The van der Waals surface area contributed by atoms with Crippen LogP contribution in [0.1, 0.15) is 11.4 Å². The predicted octanol–water partition coefficient (Wildman–Crippen LogP) is 10.8. The number of aromatic nitrogens is 5. The first-order chi connectivity index (χ1) is 23.0. The number of pyridine rings is 1. The number of para-hydroxylation sites is 2. The van der Waals surface area contributed by atoms with Crippen LogP contribution in [0, 0.1) is 0 Å². The van der Waals surface area contributed by atoms with Crippen molar-refractivity contribution in [3.8, 4) is 43.7 Å². The first-order valence-corrected chi connectivity index (χ1v) is 15.2. The number of aromatic amines is 2. The van der Waals surface area contributed by atoms with Gasteiger partial charge in [-0.3, -0.25) is 10.2 Å². The molecule has 0 aliphatic rings. The minimum absolute atomic E-state index is 0.0465. The molecule has 48 heavy (non-hydrogen) atoms. The van der Waals surface area contributed by atoms with Crippen molar-refractivity contribution in [1.82, 2.24) is 25.4 Å². The summed E-state index contributed by atoms with van der Waals surface area (Å²) in [4.78, 5) is 8.13. The summed E-state index contributed by atoms with van der Waals surface area (Å²) in [6.45, 7) is 0. The van der Waals surface area contributed by atoms with Gasteiger partial charge in [-0.1, -0.05) is 48.5 Å². The van der Waals surface area contributed by atoms with E-state index < -0.39 is 23.7 Å². The number of benzene rings is 3. The molecule has 0 saturated heterocycles. The van der Waals surface area contributed by atoms with E-state index in [1.807, 2.05) is 97.1 Å². The molecule has 4 aromatic heterocycles. The monoisotopic (exact) mass is 672 g/mol. The van der Waals surface area contributed by atoms with E-state index in [1.165, 1.54) is 11.3 Å². The highest BCUT2D eigenvalue weighted by atomic mass is 32.1. The zero-order valence-corrected chi connectivity index (χ0v) is 25.3. The lowest BCUT2D eigenvalue weighted by Crippen LogP contribution is -2.09. The van der Waals surface area contributed by atoms with Crippen molar-refractivity contribution in [2.45, 2.75) is 12.4 Å². The molecular weight excluding hydrogens is 650 g/mol. The fourth-order valence-corrected chi connectivity index (χ4v) is 6.17. The number of nitrogens with zero attached hydrogens (tertiary/aromatic N) is 4. The first kappa shape index (κ1) is 30.9. The van der Waals surface area contributed by atoms with E-state index in [1.54, 1.807) is 12.1 Å². The van der Waals surface area contributed by atoms with E-state index in [0.717, 1.165) is 44.5 Å². The van der Waals surface area contributed by atoms with Gasteiger partial charge in [0.1, 0.15) is 0 Å². The summed E-state index contributed by atoms with van der Waals surface area (Å²) in [6.07, 6.45) is -9.39. The second-order valence-electron chi connectivity index (χ2n) is 10.7. The molecule has 0 amide bonds. The lowest BCUT2D eigenvalue weighted by atomic mass is 10.1. The van der Waals surface area contributed by atoms with Gasteiger partial charge in [-0.2, -0.15) is 36.5 Å². The molecule has 7 rings (SSSR count). The number of anilines is 3. The minimum atomic E-state index is -4.70. The molecule has 0 atom stereocenters. The highest BCUT2D eigenvalue weighted by molar-refractivity contribution is 7.18. The van der Waals surface area contributed by atoms with Gasteiger partial charge < -0.3 is 4.90 Å². The molecule has 7 aromatic rings. The quantitative estimate of drug-likeness (QED) is 0.165. The fraction of sp³-hybridized carbons (Fsp3) is 0.0571. The largest absolute Gasteiger partial charge is 0.435 e. The third-order valence-corrected chi connectivity index (χ3v) is 8.63. The van der Waals surface area contributed by atoms with Gasteiger partial charge in [-0.05, 0) is 83.9 Å². The molecule has 0 bridgehead atoms. The summed E-state index contributed by atoms with van der Waals surface area (Å²) < 4.78 is 79.8. The molecule has 0 unspecified atom stereocenters. The van der Waals surface area contributed by atoms with E-state index >= 15 is 0 Å². The fourth-order valence-electron chi connectivity index (χ4n) is 5.17. The van der Waals surface area contributed by atoms with Crippen molar-refractivity contribution in [3.05, 3.63) is 133 Å². The minimum Gasteiger partial charge on any atom is -0.311 e. The smallest absolute Gasteiger partial charge is 0.311 e. The summed E-state index contributed by atoms with van der Waals surface area (Å²) in [6, 6.07) is 36.5. The van der Waals surface area contributed by atoms with Crippen LogP contribution in [0.25, 0.3) is 43.7 Å². The third-order valence-electron chi connectivity index (χ3n) is 7.44. The molecule has 0 aliphatic heterocycles. The summed E-state index contributed by atoms with van der Waals surface area (Å²) >= 11 is 1.42. The van der Waals surface area contributed by atoms with E-state index in [2.05, 4.69) is 30.3 Å². The number of alkyl halides is 6. The van der Waals surface area contributed by atoms with Gasteiger partial charge >= 0.3 is 12.4 Å². The van der Waals surface area contributed by atoms with Crippen molar-refractivity contribution >= 4 is 28.4 Å². The number of hydrogen-bond donors (Lipinski definition) is 2. The van der Waals surface area contributed by atoms with Gasteiger partial charge in [0.15, 0.2) is 11.4 Å². The second-order valence-corrected chi connectivity index (χ2v) is 11.8. The summed E-state index contributed by atoms with van der Waals surface area (Å²) in [5.41, 5.74) is 2.16. The van der Waals surface area contributed by atoms with E-state index in [4.69, 9.17) is 0 Å². The Morgan fingerprint density at radius 2 is 0.938 bits per heavy atom. The zero-order chi connectivity index (χ0) is 33.5. The number of H-pyrrole nitrogens is 2. The topological polar surface area (TPSA) is 73.5 Å². The third kappa shape index (κ3) is 6.32.